The van der Waals surface area contributed by atoms with Gasteiger partial charge in [-0.3, -0.25) is 14.8 Å². The van der Waals surface area contributed by atoms with Crippen molar-refractivity contribution in [1.82, 2.24) is 14.8 Å². The van der Waals surface area contributed by atoms with Gasteiger partial charge in [-0.2, -0.15) is 0 Å². The number of aliphatic hydroxyl groups is 1. The minimum absolute atomic E-state index is 0.214. The zero-order valence-corrected chi connectivity index (χ0v) is 17.0. The first-order valence-corrected chi connectivity index (χ1v) is 10.3. The van der Waals surface area contributed by atoms with Crippen LogP contribution in [0.3, 0.4) is 0 Å². The standard InChI is InChI=1S/C24H29N3O2/c1-29-22-7-2-5-19(15-22)16-27-13-12-26(18-21(27)10-14-28)17-20-6-3-9-24-23(20)8-4-11-25-24/h2-9,11,15,21,28H,10,12-14,16-18H2,1H3/t21-/m0/s1. The number of nitrogens with zero attached hydrogens (tertiary/aromatic N) is 3. The topological polar surface area (TPSA) is 48.8 Å². The van der Waals surface area contributed by atoms with Crippen molar-refractivity contribution in [3.8, 4) is 5.75 Å². The molecule has 1 saturated heterocycles. The third kappa shape index (κ3) is 4.75. The lowest BCUT2D eigenvalue weighted by atomic mass is 10.0. The molecule has 4 rings (SSSR count). The first kappa shape index (κ1) is 19.8. The van der Waals surface area contributed by atoms with E-state index < -0.39 is 0 Å². The first-order valence-electron chi connectivity index (χ1n) is 10.3. The second-order valence-corrected chi connectivity index (χ2v) is 7.71. The van der Waals surface area contributed by atoms with Crippen LogP contribution in [0.1, 0.15) is 17.5 Å². The van der Waals surface area contributed by atoms with Crippen LogP contribution in [0, 0.1) is 0 Å². The minimum Gasteiger partial charge on any atom is -0.497 e. The molecule has 0 radical (unpaired) electrons. The van der Waals surface area contributed by atoms with E-state index in [2.05, 4.69) is 51.2 Å². The molecule has 2 aromatic carbocycles. The Labute approximate surface area is 172 Å². The number of aromatic nitrogens is 1. The molecule has 0 bridgehead atoms. The number of hydrogen-bond donors (Lipinski definition) is 1. The molecule has 0 spiro atoms. The summed E-state index contributed by atoms with van der Waals surface area (Å²) in [5.74, 6) is 0.893. The number of rotatable bonds is 7. The molecule has 5 heteroatoms. The first-order chi connectivity index (χ1) is 14.3. The lowest BCUT2D eigenvalue weighted by molar-refractivity contribution is 0.0501. The van der Waals surface area contributed by atoms with E-state index in [9.17, 15) is 5.11 Å². The molecule has 0 aliphatic carbocycles. The SMILES string of the molecule is COc1cccc(CN2CCN(Cc3cccc4ncccc34)C[C@@H]2CCO)c1. The molecule has 1 aromatic heterocycles. The smallest absolute Gasteiger partial charge is 0.119 e. The van der Waals surface area contributed by atoms with Crippen LogP contribution in [0.5, 0.6) is 5.75 Å². The van der Waals surface area contributed by atoms with E-state index >= 15 is 0 Å². The maximum atomic E-state index is 9.63. The third-order valence-electron chi connectivity index (χ3n) is 5.80. The van der Waals surface area contributed by atoms with Gasteiger partial charge in [0.2, 0.25) is 0 Å². The summed E-state index contributed by atoms with van der Waals surface area (Å²) in [5, 5.41) is 10.9. The molecule has 29 heavy (non-hydrogen) atoms. The maximum absolute atomic E-state index is 9.63. The van der Waals surface area contributed by atoms with Gasteiger partial charge in [0.25, 0.3) is 0 Å². The molecule has 1 N–H and O–H groups in total. The van der Waals surface area contributed by atoms with Crippen molar-refractivity contribution in [2.24, 2.45) is 0 Å². The number of benzene rings is 2. The van der Waals surface area contributed by atoms with E-state index in [4.69, 9.17) is 4.74 Å². The molecule has 1 aliphatic rings. The molecule has 1 atom stereocenters. The number of fused-ring (bicyclic) bond motifs is 1. The molecule has 0 saturated carbocycles. The van der Waals surface area contributed by atoms with E-state index in [1.165, 1.54) is 16.5 Å². The maximum Gasteiger partial charge on any atom is 0.119 e. The summed E-state index contributed by atoms with van der Waals surface area (Å²) in [6, 6.07) is 19.1. The monoisotopic (exact) mass is 391 g/mol. The van der Waals surface area contributed by atoms with E-state index in [1.807, 2.05) is 24.4 Å². The number of pyridine rings is 1. The Bertz CT molecular complexity index is 941. The molecule has 1 fully saturated rings. The zero-order chi connectivity index (χ0) is 20.1. The van der Waals surface area contributed by atoms with Gasteiger partial charge in [-0.1, -0.05) is 30.3 Å². The average Bonchev–Trinajstić information content (AvgIpc) is 2.76. The fourth-order valence-electron chi connectivity index (χ4n) is 4.28. The predicted molar refractivity (Wildman–Crippen MR) is 116 cm³/mol. The highest BCUT2D eigenvalue weighted by Crippen LogP contribution is 2.23. The fraction of sp³-hybridized carbons (Fsp3) is 0.375. The quantitative estimate of drug-likeness (QED) is 0.670. The van der Waals surface area contributed by atoms with Crippen molar-refractivity contribution < 1.29 is 9.84 Å². The Morgan fingerprint density at radius 3 is 2.83 bits per heavy atom. The second-order valence-electron chi connectivity index (χ2n) is 7.71. The van der Waals surface area contributed by atoms with E-state index in [0.29, 0.717) is 6.04 Å². The Morgan fingerprint density at radius 1 is 1.07 bits per heavy atom. The summed E-state index contributed by atoms with van der Waals surface area (Å²) >= 11 is 0. The molecule has 0 amide bonds. The molecule has 2 heterocycles. The van der Waals surface area contributed by atoms with Crippen LogP contribution in [-0.2, 0) is 13.1 Å². The second kappa shape index (κ2) is 9.35. The van der Waals surface area contributed by atoms with Crippen molar-refractivity contribution >= 4 is 10.9 Å². The van der Waals surface area contributed by atoms with Crippen molar-refractivity contribution in [2.45, 2.75) is 25.6 Å². The third-order valence-corrected chi connectivity index (χ3v) is 5.80. The summed E-state index contributed by atoms with van der Waals surface area (Å²) in [6.07, 6.45) is 2.64. The van der Waals surface area contributed by atoms with Crippen molar-refractivity contribution in [3.05, 3.63) is 71.9 Å². The van der Waals surface area contributed by atoms with Crippen LogP contribution >= 0.6 is 0 Å². The van der Waals surface area contributed by atoms with Gasteiger partial charge < -0.3 is 9.84 Å². The van der Waals surface area contributed by atoms with Gasteiger partial charge in [-0.05, 0) is 41.8 Å². The lowest BCUT2D eigenvalue weighted by Crippen LogP contribution is -2.52. The van der Waals surface area contributed by atoms with E-state index in [0.717, 1.165) is 50.4 Å². The van der Waals surface area contributed by atoms with Crippen LogP contribution in [0.4, 0.5) is 0 Å². The van der Waals surface area contributed by atoms with Gasteiger partial charge in [0.05, 0.1) is 12.6 Å². The lowest BCUT2D eigenvalue weighted by Gasteiger charge is -2.41. The normalized spacial score (nSPS) is 18.2. The molecule has 0 unspecified atom stereocenters. The number of methoxy groups -OCH3 is 1. The predicted octanol–water partition coefficient (Wildman–Crippen LogP) is 3.31. The van der Waals surface area contributed by atoms with Gasteiger partial charge in [0.1, 0.15) is 5.75 Å². The van der Waals surface area contributed by atoms with Crippen molar-refractivity contribution in [3.63, 3.8) is 0 Å². The van der Waals surface area contributed by atoms with Crippen LogP contribution in [0.25, 0.3) is 10.9 Å². The van der Waals surface area contributed by atoms with Crippen molar-refractivity contribution in [1.29, 1.82) is 0 Å². The van der Waals surface area contributed by atoms with Crippen LogP contribution < -0.4 is 4.74 Å². The summed E-state index contributed by atoms with van der Waals surface area (Å²) in [6.45, 7) is 4.98. The Kier molecular flexibility index (Phi) is 6.39. The molecular weight excluding hydrogens is 362 g/mol. The van der Waals surface area contributed by atoms with Crippen molar-refractivity contribution in [2.75, 3.05) is 33.4 Å². The molecular formula is C24H29N3O2. The highest BCUT2D eigenvalue weighted by molar-refractivity contribution is 5.81. The van der Waals surface area contributed by atoms with E-state index in [1.54, 1.807) is 7.11 Å². The van der Waals surface area contributed by atoms with Crippen LogP contribution in [-0.4, -0.2) is 59.3 Å². The Hall–Kier alpha value is -2.47. The molecule has 152 valence electrons. The van der Waals surface area contributed by atoms with Gasteiger partial charge in [-0.15, -0.1) is 0 Å². The summed E-state index contributed by atoms with van der Waals surface area (Å²) in [7, 11) is 1.70. The number of ether oxygens (including phenoxy) is 1. The number of hydrogen-bond acceptors (Lipinski definition) is 5. The largest absolute Gasteiger partial charge is 0.497 e. The number of aliphatic hydroxyl groups excluding tert-OH is 1. The average molecular weight is 392 g/mol. The van der Waals surface area contributed by atoms with Crippen LogP contribution in [0.15, 0.2) is 60.8 Å². The van der Waals surface area contributed by atoms with Gasteiger partial charge in [0.15, 0.2) is 0 Å². The van der Waals surface area contributed by atoms with Gasteiger partial charge in [-0.25, -0.2) is 0 Å². The summed E-state index contributed by atoms with van der Waals surface area (Å²) in [4.78, 5) is 9.48. The highest BCUT2D eigenvalue weighted by Gasteiger charge is 2.27. The summed E-state index contributed by atoms with van der Waals surface area (Å²) in [5.41, 5.74) is 3.62. The Morgan fingerprint density at radius 2 is 1.97 bits per heavy atom. The van der Waals surface area contributed by atoms with E-state index in [-0.39, 0.29) is 6.61 Å². The fourth-order valence-corrected chi connectivity index (χ4v) is 4.28. The zero-order valence-electron chi connectivity index (χ0n) is 17.0. The minimum atomic E-state index is 0.214. The van der Waals surface area contributed by atoms with Gasteiger partial charge in [0, 0.05) is 57.0 Å². The molecule has 3 aromatic rings. The number of piperazine rings is 1. The van der Waals surface area contributed by atoms with Gasteiger partial charge >= 0.3 is 0 Å². The Balaban J connectivity index is 1.46. The highest BCUT2D eigenvalue weighted by atomic mass is 16.5. The molecule has 1 aliphatic heterocycles. The van der Waals surface area contributed by atoms with Crippen LogP contribution in [0.2, 0.25) is 0 Å². The molecule has 5 nitrogen and oxygen atoms in total. The summed E-state index contributed by atoms with van der Waals surface area (Å²) < 4.78 is 5.37.